The first-order chi connectivity index (χ1) is 9.79. The topological polar surface area (TPSA) is 22.1 Å². The molecule has 0 atom stereocenters. The molecule has 0 aliphatic heterocycles. The fraction of sp³-hybridized carbons (Fsp3) is 0.167. The lowest BCUT2D eigenvalue weighted by Gasteiger charge is -1.95. The molecule has 2 heteroatoms. The summed E-state index contributed by atoms with van der Waals surface area (Å²) in [6, 6.07) is 22.4. The molecule has 2 nitrogen and oxygen atoms in total. The largest absolute Gasteiger partial charge is 0.380 e. The number of aromatic nitrogens is 1. The van der Waals surface area contributed by atoms with Crippen LogP contribution < -0.4 is 0 Å². The maximum absolute atomic E-state index is 4.93. The van der Waals surface area contributed by atoms with Crippen molar-refractivity contribution in [2.75, 3.05) is 7.11 Å². The van der Waals surface area contributed by atoms with E-state index >= 15 is 0 Å². The molecular weight excluding hydrogens is 246 g/mol. The van der Waals surface area contributed by atoms with Crippen molar-refractivity contribution in [3.63, 3.8) is 0 Å². The maximum Gasteiger partial charge on any atom is 0.0713 e. The first-order valence-electron chi connectivity index (χ1n) is 6.65. The van der Waals surface area contributed by atoms with Gasteiger partial charge in [-0.2, -0.15) is 0 Å². The van der Waals surface area contributed by atoms with Crippen LogP contribution in [0.5, 0.6) is 0 Å². The Morgan fingerprint density at radius 3 is 2.30 bits per heavy atom. The smallest absolute Gasteiger partial charge is 0.0713 e. The number of para-hydroxylation sites is 1. The third-order valence-corrected chi connectivity index (χ3v) is 2.89. The van der Waals surface area contributed by atoms with E-state index in [1.165, 1.54) is 10.9 Å². The summed E-state index contributed by atoms with van der Waals surface area (Å²) >= 11 is 0. The lowest BCUT2D eigenvalue weighted by atomic mass is 10.2. The van der Waals surface area contributed by atoms with Crippen molar-refractivity contribution in [3.8, 4) is 0 Å². The van der Waals surface area contributed by atoms with Gasteiger partial charge in [-0.15, -0.1) is 0 Å². The van der Waals surface area contributed by atoms with Gasteiger partial charge < -0.3 is 4.74 Å². The predicted molar refractivity (Wildman–Crippen MR) is 83.6 cm³/mol. The minimum absolute atomic E-state index is 0.709. The molecule has 3 aromatic rings. The Hall–Kier alpha value is -2.19. The van der Waals surface area contributed by atoms with Gasteiger partial charge in [0.1, 0.15) is 0 Å². The monoisotopic (exact) mass is 265 g/mol. The first-order valence-corrected chi connectivity index (χ1v) is 6.65. The summed E-state index contributed by atoms with van der Waals surface area (Å²) in [6.07, 6.45) is 0. The SMILES string of the molecule is COCc1ccccc1.Cc1ccc2ccccc2n1. The van der Waals surface area contributed by atoms with Crippen molar-refractivity contribution in [2.24, 2.45) is 0 Å². The molecule has 0 radical (unpaired) electrons. The van der Waals surface area contributed by atoms with Crippen molar-refractivity contribution in [3.05, 3.63) is 78.0 Å². The standard InChI is InChI=1S/C10H9N.C8H10O/c1-8-6-7-9-4-2-3-5-10(9)11-8;1-9-7-8-5-3-2-4-6-8/h2-7H,1H3;2-6H,7H2,1H3. The third kappa shape index (κ3) is 4.18. The molecule has 0 bridgehead atoms. The average molecular weight is 265 g/mol. The van der Waals surface area contributed by atoms with Gasteiger partial charge in [0.25, 0.3) is 0 Å². The first kappa shape index (κ1) is 14.2. The van der Waals surface area contributed by atoms with E-state index in [-0.39, 0.29) is 0 Å². The van der Waals surface area contributed by atoms with Gasteiger partial charge in [-0.05, 0) is 24.6 Å². The predicted octanol–water partition coefficient (Wildman–Crippen LogP) is 4.38. The van der Waals surface area contributed by atoms with Gasteiger partial charge in [-0.1, -0.05) is 54.6 Å². The van der Waals surface area contributed by atoms with Crippen LogP contribution >= 0.6 is 0 Å². The normalized spacial score (nSPS) is 9.90. The van der Waals surface area contributed by atoms with E-state index in [4.69, 9.17) is 4.74 Å². The van der Waals surface area contributed by atoms with Crippen molar-refractivity contribution >= 4 is 10.9 Å². The zero-order chi connectivity index (χ0) is 14.2. The number of methoxy groups -OCH3 is 1. The highest BCUT2D eigenvalue weighted by Gasteiger charge is 1.91. The van der Waals surface area contributed by atoms with Gasteiger partial charge in [0.2, 0.25) is 0 Å². The molecule has 0 unspecified atom stereocenters. The number of aryl methyl sites for hydroxylation is 1. The molecule has 0 spiro atoms. The Morgan fingerprint density at radius 2 is 1.55 bits per heavy atom. The van der Waals surface area contributed by atoms with Crippen LogP contribution in [-0.4, -0.2) is 12.1 Å². The van der Waals surface area contributed by atoms with Gasteiger partial charge >= 0.3 is 0 Å². The molecule has 102 valence electrons. The molecule has 20 heavy (non-hydrogen) atoms. The van der Waals surface area contributed by atoms with Gasteiger partial charge in [0, 0.05) is 18.2 Å². The zero-order valence-electron chi connectivity index (χ0n) is 11.9. The average Bonchev–Trinajstić information content (AvgIpc) is 2.49. The quantitative estimate of drug-likeness (QED) is 0.686. The second-order valence-corrected chi connectivity index (χ2v) is 4.56. The number of nitrogens with zero attached hydrogens (tertiary/aromatic N) is 1. The van der Waals surface area contributed by atoms with Crippen LogP contribution in [0.3, 0.4) is 0 Å². The lowest BCUT2D eigenvalue weighted by Crippen LogP contribution is -1.84. The second kappa shape index (κ2) is 7.41. The summed E-state index contributed by atoms with van der Waals surface area (Å²) in [6.45, 7) is 2.72. The maximum atomic E-state index is 4.93. The minimum atomic E-state index is 0.709. The van der Waals surface area contributed by atoms with Gasteiger partial charge in [0.15, 0.2) is 0 Å². The van der Waals surface area contributed by atoms with Crippen LogP contribution in [0, 0.1) is 6.92 Å². The third-order valence-electron chi connectivity index (χ3n) is 2.89. The molecule has 0 aliphatic carbocycles. The summed E-state index contributed by atoms with van der Waals surface area (Å²) in [4.78, 5) is 4.38. The molecule has 0 saturated heterocycles. The Kier molecular flexibility index (Phi) is 5.27. The second-order valence-electron chi connectivity index (χ2n) is 4.56. The highest BCUT2D eigenvalue weighted by atomic mass is 16.5. The van der Waals surface area contributed by atoms with Crippen molar-refractivity contribution in [2.45, 2.75) is 13.5 Å². The fourth-order valence-electron chi connectivity index (χ4n) is 1.91. The van der Waals surface area contributed by atoms with E-state index in [9.17, 15) is 0 Å². The summed E-state index contributed by atoms with van der Waals surface area (Å²) < 4.78 is 4.93. The van der Waals surface area contributed by atoms with E-state index in [1.54, 1.807) is 7.11 Å². The van der Waals surface area contributed by atoms with Gasteiger partial charge in [-0.25, -0.2) is 0 Å². The number of ether oxygens (including phenoxy) is 1. The van der Waals surface area contributed by atoms with Crippen molar-refractivity contribution < 1.29 is 4.74 Å². The molecule has 0 amide bonds. The number of benzene rings is 2. The van der Waals surface area contributed by atoms with Crippen LogP contribution in [0.2, 0.25) is 0 Å². The Bertz CT molecular complexity index is 650. The number of pyridine rings is 1. The van der Waals surface area contributed by atoms with E-state index in [0.717, 1.165) is 11.2 Å². The van der Waals surface area contributed by atoms with Crippen molar-refractivity contribution in [1.29, 1.82) is 0 Å². The highest BCUT2D eigenvalue weighted by Crippen LogP contribution is 2.10. The number of fused-ring (bicyclic) bond motifs is 1. The molecule has 0 fully saturated rings. The minimum Gasteiger partial charge on any atom is -0.380 e. The lowest BCUT2D eigenvalue weighted by molar-refractivity contribution is 0.185. The summed E-state index contributed by atoms with van der Waals surface area (Å²) in [5.41, 5.74) is 3.37. The number of rotatable bonds is 2. The van der Waals surface area contributed by atoms with Gasteiger partial charge in [-0.3, -0.25) is 4.98 Å². The van der Waals surface area contributed by atoms with E-state index < -0.39 is 0 Å². The molecule has 0 saturated carbocycles. The molecule has 1 aromatic heterocycles. The van der Waals surface area contributed by atoms with Crippen LogP contribution in [0.25, 0.3) is 10.9 Å². The summed E-state index contributed by atoms with van der Waals surface area (Å²) in [7, 11) is 1.70. The molecular formula is C18H19NO. The van der Waals surface area contributed by atoms with Crippen LogP contribution in [0.1, 0.15) is 11.3 Å². The molecule has 0 N–H and O–H groups in total. The van der Waals surface area contributed by atoms with Crippen LogP contribution in [-0.2, 0) is 11.3 Å². The fourth-order valence-corrected chi connectivity index (χ4v) is 1.91. The van der Waals surface area contributed by atoms with Crippen LogP contribution in [0.15, 0.2) is 66.7 Å². The van der Waals surface area contributed by atoms with E-state index in [0.29, 0.717) is 6.61 Å². The van der Waals surface area contributed by atoms with E-state index in [2.05, 4.69) is 17.1 Å². The van der Waals surface area contributed by atoms with Gasteiger partial charge in [0.05, 0.1) is 12.1 Å². The highest BCUT2D eigenvalue weighted by molar-refractivity contribution is 5.78. The van der Waals surface area contributed by atoms with E-state index in [1.807, 2.05) is 61.5 Å². The van der Waals surface area contributed by atoms with Crippen molar-refractivity contribution in [1.82, 2.24) is 4.98 Å². The number of hydrogen-bond acceptors (Lipinski definition) is 2. The zero-order valence-corrected chi connectivity index (χ0v) is 11.9. The molecule has 2 aromatic carbocycles. The Labute approximate surface area is 120 Å². The summed E-state index contributed by atoms with van der Waals surface area (Å²) in [5.74, 6) is 0. The Balaban J connectivity index is 0.000000151. The molecule has 3 rings (SSSR count). The van der Waals surface area contributed by atoms with Crippen LogP contribution in [0.4, 0.5) is 0 Å². The molecule has 1 heterocycles. The molecule has 0 aliphatic rings. The Morgan fingerprint density at radius 1 is 0.850 bits per heavy atom. The summed E-state index contributed by atoms with van der Waals surface area (Å²) in [5, 5.41) is 1.21. The number of hydrogen-bond donors (Lipinski definition) is 0.